The molecule has 0 amide bonds. The zero-order valence-electron chi connectivity index (χ0n) is 13.6. The van der Waals surface area contributed by atoms with Gasteiger partial charge in [-0.15, -0.1) is 0 Å². The summed E-state index contributed by atoms with van der Waals surface area (Å²) in [5.74, 6) is 1.27. The van der Waals surface area contributed by atoms with Crippen LogP contribution in [0.25, 0.3) is 0 Å². The van der Waals surface area contributed by atoms with Crippen molar-refractivity contribution in [1.82, 2.24) is 0 Å². The zero-order chi connectivity index (χ0) is 15.2. The van der Waals surface area contributed by atoms with Crippen LogP contribution in [0.1, 0.15) is 58.3 Å². The second-order valence-electron chi connectivity index (χ2n) is 8.95. The van der Waals surface area contributed by atoms with Gasteiger partial charge in [0.1, 0.15) is 0 Å². The van der Waals surface area contributed by atoms with Crippen molar-refractivity contribution in [3.05, 3.63) is 11.6 Å². The Balaban J connectivity index is 1.58. The lowest BCUT2D eigenvalue weighted by atomic mass is 9.46. The van der Waals surface area contributed by atoms with Crippen molar-refractivity contribution in [3.8, 4) is 0 Å². The standard InChI is InChI=1S/C19H28O3/c1-17-7-6-15-18-8-5-13(20)10-12(18)4-9-19(15,22-11-18)14(17)2-3-16(17)21/h2,12-13,15-16,20-21H,3-11H2,1H3/t12-,13-,15+,16-,17-,18+,19+/m0/s1. The molecule has 5 rings (SSSR count). The Labute approximate surface area is 132 Å². The molecular formula is C19H28O3. The Morgan fingerprint density at radius 1 is 1.14 bits per heavy atom. The summed E-state index contributed by atoms with van der Waals surface area (Å²) in [5.41, 5.74) is 1.62. The quantitative estimate of drug-likeness (QED) is 0.677. The first-order valence-electron chi connectivity index (χ1n) is 9.22. The van der Waals surface area contributed by atoms with E-state index in [0.29, 0.717) is 17.3 Å². The van der Waals surface area contributed by atoms with Gasteiger partial charge in [-0.2, -0.15) is 0 Å². The second-order valence-corrected chi connectivity index (χ2v) is 8.95. The van der Waals surface area contributed by atoms with E-state index in [2.05, 4.69) is 13.0 Å². The normalized spacial score (nSPS) is 59.5. The fourth-order valence-electron chi connectivity index (χ4n) is 7.16. The van der Waals surface area contributed by atoms with Crippen LogP contribution < -0.4 is 0 Å². The molecule has 3 saturated carbocycles. The maximum absolute atomic E-state index is 10.5. The Kier molecular flexibility index (Phi) is 2.66. The number of hydrogen-bond donors (Lipinski definition) is 2. The molecule has 22 heavy (non-hydrogen) atoms. The molecule has 1 saturated heterocycles. The summed E-state index contributed by atoms with van der Waals surface area (Å²) in [5, 5.41) is 20.6. The number of fused-ring (bicyclic) bond motifs is 1. The van der Waals surface area contributed by atoms with E-state index in [0.717, 1.165) is 45.1 Å². The molecule has 0 aromatic carbocycles. The van der Waals surface area contributed by atoms with E-state index in [1.807, 2.05) is 0 Å². The molecule has 122 valence electrons. The number of ether oxygens (including phenoxy) is 1. The highest BCUT2D eigenvalue weighted by Crippen LogP contribution is 2.71. The Hall–Kier alpha value is -0.380. The van der Waals surface area contributed by atoms with Crippen LogP contribution in [0, 0.1) is 22.7 Å². The van der Waals surface area contributed by atoms with Crippen molar-refractivity contribution in [1.29, 1.82) is 0 Å². The maximum atomic E-state index is 10.5. The van der Waals surface area contributed by atoms with Crippen molar-refractivity contribution < 1.29 is 14.9 Å². The van der Waals surface area contributed by atoms with Crippen molar-refractivity contribution >= 4 is 0 Å². The van der Waals surface area contributed by atoms with Crippen molar-refractivity contribution in [2.75, 3.05) is 6.61 Å². The van der Waals surface area contributed by atoms with Crippen LogP contribution in [0.2, 0.25) is 0 Å². The lowest BCUT2D eigenvalue weighted by Gasteiger charge is -2.58. The lowest BCUT2D eigenvalue weighted by molar-refractivity contribution is -0.0919. The molecule has 7 atom stereocenters. The molecular weight excluding hydrogens is 276 g/mol. The van der Waals surface area contributed by atoms with Gasteiger partial charge in [0.2, 0.25) is 0 Å². The molecule has 2 N–H and O–H groups in total. The van der Waals surface area contributed by atoms with Gasteiger partial charge in [0, 0.05) is 10.8 Å². The van der Waals surface area contributed by atoms with Crippen LogP contribution >= 0.6 is 0 Å². The smallest absolute Gasteiger partial charge is 0.0932 e. The maximum Gasteiger partial charge on any atom is 0.0932 e. The van der Waals surface area contributed by atoms with E-state index in [-0.39, 0.29) is 23.2 Å². The number of rotatable bonds is 0. The first-order chi connectivity index (χ1) is 10.5. The van der Waals surface area contributed by atoms with Crippen LogP contribution in [0.4, 0.5) is 0 Å². The average molecular weight is 304 g/mol. The van der Waals surface area contributed by atoms with Crippen LogP contribution in [0.5, 0.6) is 0 Å². The van der Waals surface area contributed by atoms with Gasteiger partial charge in [0.05, 0.1) is 24.4 Å². The van der Waals surface area contributed by atoms with E-state index in [9.17, 15) is 10.2 Å². The summed E-state index contributed by atoms with van der Waals surface area (Å²) in [4.78, 5) is 0. The summed E-state index contributed by atoms with van der Waals surface area (Å²) in [6, 6.07) is 0. The Morgan fingerprint density at radius 2 is 2.00 bits per heavy atom. The monoisotopic (exact) mass is 304 g/mol. The van der Waals surface area contributed by atoms with Crippen molar-refractivity contribution in [3.63, 3.8) is 0 Å². The fourth-order valence-corrected chi connectivity index (χ4v) is 7.16. The van der Waals surface area contributed by atoms with Crippen LogP contribution in [0.3, 0.4) is 0 Å². The molecule has 0 radical (unpaired) electrons. The summed E-state index contributed by atoms with van der Waals surface area (Å²) >= 11 is 0. The molecule has 1 heterocycles. The topological polar surface area (TPSA) is 49.7 Å². The Morgan fingerprint density at radius 3 is 2.86 bits per heavy atom. The van der Waals surface area contributed by atoms with E-state index < -0.39 is 0 Å². The van der Waals surface area contributed by atoms with E-state index >= 15 is 0 Å². The number of aliphatic hydroxyl groups is 2. The molecule has 0 aromatic rings. The lowest BCUT2D eigenvalue weighted by Crippen LogP contribution is -2.57. The van der Waals surface area contributed by atoms with Crippen LogP contribution in [-0.4, -0.2) is 34.6 Å². The molecule has 1 spiro atoms. The highest BCUT2D eigenvalue weighted by Gasteiger charge is 2.70. The van der Waals surface area contributed by atoms with Gasteiger partial charge >= 0.3 is 0 Å². The minimum atomic E-state index is -0.219. The first kappa shape index (κ1) is 14.0. The highest BCUT2D eigenvalue weighted by molar-refractivity contribution is 5.39. The molecule has 5 aliphatic rings. The van der Waals surface area contributed by atoms with Gasteiger partial charge in [-0.1, -0.05) is 13.0 Å². The Bertz CT molecular complexity index is 543. The molecule has 0 aromatic heterocycles. The molecule has 4 fully saturated rings. The molecule has 0 unspecified atom stereocenters. The third-order valence-corrected chi connectivity index (χ3v) is 8.34. The van der Waals surface area contributed by atoms with Gasteiger partial charge in [-0.25, -0.2) is 0 Å². The fraction of sp³-hybridized carbons (Fsp3) is 0.895. The largest absolute Gasteiger partial charge is 0.393 e. The van der Waals surface area contributed by atoms with Gasteiger partial charge in [-0.05, 0) is 68.8 Å². The van der Waals surface area contributed by atoms with E-state index in [1.165, 1.54) is 18.4 Å². The molecule has 1 aliphatic heterocycles. The third-order valence-electron chi connectivity index (χ3n) is 8.34. The number of aliphatic hydroxyl groups excluding tert-OH is 2. The molecule has 3 nitrogen and oxygen atoms in total. The van der Waals surface area contributed by atoms with Crippen molar-refractivity contribution in [2.45, 2.75) is 76.1 Å². The predicted molar refractivity (Wildman–Crippen MR) is 83.2 cm³/mol. The summed E-state index contributed by atoms with van der Waals surface area (Å²) in [6.07, 6.45) is 10.5. The number of hydrogen-bond acceptors (Lipinski definition) is 3. The zero-order valence-corrected chi connectivity index (χ0v) is 13.6. The predicted octanol–water partition coefficient (Wildman–Crippen LogP) is 2.80. The highest BCUT2D eigenvalue weighted by atomic mass is 16.5. The van der Waals surface area contributed by atoms with Crippen LogP contribution in [0.15, 0.2) is 11.6 Å². The second kappa shape index (κ2) is 4.17. The SMILES string of the molecule is C[C@]12CC[C@@H]3[C@@]45CC[C@H](O)C[C@@H]4CC[C@@]3(OC5)C1=CC[C@@H]2O. The summed E-state index contributed by atoms with van der Waals surface area (Å²) < 4.78 is 6.63. The molecule has 2 bridgehead atoms. The summed E-state index contributed by atoms with van der Waals surface area (Å²) in [6.45, 7) is 3.14. The molecule has 3 heteroatoms. The minimum absolute atomic E-state index is 0.0525. The summed E-state index contributed by atoms with van der Waals surface area (Å²) in [7, 11) is 0. The minimum Gasteiger partial charge on any atom is -0.393 e. The van der Waals surface area contributed by atoms with Crippen LogP contribution in [-0.2, 0) is 4.74 Å². The van der Waals surface area contributed by atoms with Crippen molar-refractivity contribution in [2.24, 2.45) is 22.7 Å². The van der Waals surface area contributed by atoms with Gasteiger partial charge in [-0.3, -0.25) is 0 Å². The average Bonchev–Trinajstić information content (AvgIpc) is 2.93. The van der Waals surface area contributed by atoms with Gasteiger partial charge in [0.25, 0.3) is 0 Å². The van der Waals surface area contributed by atoms with E-state index in [1.54, 1.807) is 0 Å². The molecule has 4 aliphatic carbocycles. The van der Waals surface area contributed by atoms with E-state index in [4.69, 9.17) is 4.74 Å². The first-order valence-corrected chi connectivity index (χ1v) is 9.22. The van der Waals surface area contributed by atoms with Gasteiger partial charge in [0.15, 0.2) is 0 Å². The van der Waals surface area contributed by atoms with Gasteiger partial charge < -0.3 is 14.9 Å². The third kappa shape index (κ3) is 1.40.